The Kier molecular flexibility index (Phi) is 7.20. The maximum atomic E-state index is 11.8. The Labute approximate surface area is 166 Å². The molecule has 0 aliphatic carbocycles. The molecule has 3 atom stereocenters. The van der Waals surface area contributed by atoms with Crippen molar-refractivity contribution in [1.82, 2.24) is 14.7 Å². The number of carbonyl (C=O) groups is 1. The lowest BCUT2D eigenvalue weighted by Crippen LogP contribution is -2.61. The number of amides is 1. The first-order valence-corrected chi connectivity index (χ1v) is 11.5. The molecule has 27 heavy (non-hydrogen) atoms. The van der Waals surface area contributed by atoms with Gasteiger partial charge in [-0.25, -0.2) is 0 Å². The van der Waals surface area contributed by atoms with E-state index in [1.807, 2.05) is 11.9 Å². The Hall–Kier alpha value is -0.650. The fraction of sp³-hybridized carbons (Fsp3) is 0.955. The van der Waals surface area contributed by atoms with Crippen molar-refractivity contribution in [1.29, 1.82) is 0 Å². The van der Waals surface area contributed by atoms with Gasteiger partial charge in [0.2, 0.25) is 5.91 Å². The number of hydrogen-bond donors (Lipinski definition) is 1. The molecule has 0 aromatic heterocycles. The van der Waals surface area contributed by atoms with E-state index in [9.17, 15) is 4.79 Å². The SMILES string of the molecule is CCCCC(CC)N1CCC(N2CCC3(CCC(=O)N(C)C3)CC2)C(N)C1. The van der Waals surface area contributed by atoms with E-state index in [2.05, 4.69) is 23.6 Å². The molecule has 0 aromatic carbocycles. The predicted octanol–water partition coefficient (Wildman–Crippen LogP) is 2.69. The first-order valence-electron chi connectivity index (χ1n) is 11.5. The van der Waals surface area contributed by atoms with Gasteiger partial charge in [-0.3, -0.25) is 14.6 Å². The zero-order valence-corrected chi connectivity index (χ0v) is 18.0. The summed E-state index contributed by atoms with van der Waals surface area (Å²) >= 11 is 0. The molecule has 0 saturated carbocycles. The Morgan fingerprint density at radius 1 is 1.19 bits per heavy atom. The predicted molar refractivity (Wildman–Crippen MR) is 112 cm³/mol. The van der Waals surface area contributed by atoms with Gasteiger partial charge in [-0.05, 0) is 57.0 Å². The van der Waals surface area contributed by atoms with E-state index in [0.29, 0.717) is 17.4 Å². The second kappa shape index (κ2) is 9.23. The second-order valence-corrected chi connectivity index (χ2v) is 9.50. The van der Waals surface area contributed by atoms with E-state index in [1.165, 1.54) is 51.5 Å². The van der Waals surface area contributed by atoms with E-state index in [4.69, 9.17) is 5.73 Å². The lowest BCUT2D eigenvalue weighted by atomic mass is 9.72. The molecular formula is C22H42N4O. The van der Waals surface area contributed by atoms with Crippen molar-refractivity contribution < 1.29 is 4.79 Å². The highest BCUT2D eigenvalue weighted by Gasteiger charge is 2.42. The van der Waals surface area contributed by atoms with Gasteiger partial charge >= 0.3 is 0 Å². The molecule has 3 heterocycles. The van der Waals surface area contributed by atoms with Gasteiger partial charge in [-0.1, -0.05) is 26.7 Å². The molecule has 3 aliphatic rings. The number of piperidine rings is 3. The third-order valence-electron chi connectivity index (χ3n) is 7.73. The zero-order valence-electron chi connectivity index (χ0n) is 18.0. The Balaban J connectivity index is 1.50. The van der Waals surface area contributed by atoms with Crippen LogP contribution in [0.5, 0.6) is 0 Å². The molecule has 5 heteroatoms. The van der Waals surface area contributed by atoms with Gasteiger partial charge in [0.15, 0.2) is 0 Å². The summed E-state index contributed by atoms with van der Waals surface area (Å²) in [5, 5.41) is 0. The number of rotatable bonds is 6. The molecule has 3 aliphatic heterocycles. The summed E-state index contributed by atoms with van der Waals surface area (Å²) in [7, 11) is 1.98. The molecule has 0 aromatic rings. The number of likely N-dealkylation sites (tertiary alicyclic amines) is 3. The number of carbonyl (C=O) groups excluding carboxylic acids is 1. The maximum Gasteiger partial charge on any atom is 0.222 e. The normalized spacial score (nSPS) is 31.4. The monoisotopic (exact) mass is 378 g/mol. The summed E-state index contributed by atoms with van der Waals surface area (Å²) in [4.78, 5) is 19.2. The van der Waals surface area contributed by atoms with E-state index < -0.39 is 0 Å². The third-order valence-corrected chi connectivity index (χ3v) is 7.73. The van der Waals surface area contributed by atoms with E-state index in [0.717, 1.165) is 45.1 Å². The van der Waals surface area contributed by atoms with E-state index in [1.54, 1.807) is 0 Å². The van der Waals surface area contributed by atoms with E-state index >= 15 is 0 Å². The maximum absolute atomic E-state index is 11.8. The summed E-state index contributed by atoms with van der Waals surface area (Å²) in [5.74, 6) is 0.325. The Morgan fingerprint density at radius 3 is 2.52 bits per heavy atom. The Bertz CT molecular complexity index is 489. The second-order valence-electron chi connectivity index (χ2n) is 9.50. The highest BCUT2D eigenvalue weighted by atomic mass is 16.2. The van der Waals surface area contributed by atoms with Gasteiger partial charge in [0, 0.05) is 51.2 Å². The topological polar surface area (TPSA) is 52.8 Å². The van der Waals surface area contributed by atoms with Crippen LogP contribution in [-0.4, -0.2) is 78.5 Å². The summed E-state index contributed by atoms with van der Waals surface area (Å²) in [5.41, 5.74) is 7.07. The minimum atomic E-state index is 0.277. The Morgan fingerprint density at radius 2 is 1.93 bits per heavy atom. The summed E-state index contributed by atoms with van der Waals surface area (Å²) < 4.78 is 0. The smallest absolute Gasteiger partial charge is 0.222 e. The lowest BCUT2D eigenvalue weighted by Gasteiger charge is -2.51. The standard InChI is InChI=1S/C22H42N4O/c1-4-6-7-18(5-2)26-13-9-20(19(23)16-26)25-14-11-22(12-15-25)10-8-21(27)24(3)17-22/h18-20H,4-17,23H2,1-3H3. The average molecular weight is 379 g/mol. The lowest BCUT2D eigenvalue weighted by molar-refractivity contribution is -0.137. The molecule has 3 unspecified atom stereocenters. The van der Waals surface area contributed by atoms with Gasteiger partial charge in [0.25, 0.3) is 0 Å². The van der Waals surface area contributed by atoms with Gasteiger partial charge in [0.05, 0.1) is 0 Å². The van der Waals surface area contributed by atoms with Crippen LogP contribution >= 0.6 is 0 Å². The largest absolute Gasteiger partial charge is 0.345 e. The average Bonchev–Trinajstić information content (AvgIpc) is 2.67. The molecule has 3 saturated heterocycles. The molecule has 3 fully saturated rings. The molecule has 3 rings (SSSR count). The van der Waals surface area contributed by atoms with Crippen molar-refractivity contribution in [3.05, 3.63) is 0 Å². The number of nitrogens with zero attached hydrogens (tertiary/aromatic N) is 3. The minimum absolute atomic E-state index is 0.277. The first-order chi connectivity index (χ1) is 13.0. The van der Waals surface area contributed by atoms with Crippen LogP contribution in [0.2, 0.25) is 0 Å². The van der Waals surface area contributed by atoms with Gasteiger partial charge in [-0.15, -0.1) is 0 Å². The van der Waals surface area contributed by atoms with Gasteiger partial charge in [-0.2, -0.15) is 0 Å². The fourth-order valence-corrected chi connectivity index (χ4v) is 5.84. The van der Waals surface area contributed by atoms with Crippen molar-refractivity contribution >= 4 is 5.91 Å². The number of unbranched alkanes of at least 4 members (excludes halogenated alkanes) is 1. The molecule has 156 valence electrons. The third kappa shape index (κ3) is 4.86. The van der Waals surface area contributed by atoms with Crippen LogP contribution in [0, 0.1) is 5.41 Å². The van der Waals surface area contributed by atoms with Crippen LogP contribution in [0.4, 0.5) is 0 Å². The molecule has 1 spiro atoms. The summed E-state index contributed by atoms with van der Waals surface area (Å²) in [6.07, 6.45) is 10.7. The quantitative estimate of drug-likeness (QED) is 0.772. The number of nitrogens with two attached hydrogens (primary N) is 1. The van der Waals surface area contributed by atoms with Crippen molar-refractivity contribution in [2.75, 3.05) is 39.8 Å². The van der Waals surface area contributed by atoms with Crippen LogP contribution in [0.3, 0.4) is 0 Å². The van der Waals surface area contributed by atoms with Crippen LogP contribution in [0.25, 0.3) is 0 Å². The highest BCUT2D eigenvalue weighted by Crippen LogP contribution is 2.40. The minimum Gasteiger partial charge on any atom is -0.345 e. The van der Waals surface area contributed by atoms with Crippen LogP contribution in [0.1, 0.15) is 71.6 Å². The van der Waals surface area contributed by atoms with Crippen molar-refractivity contribution in [2.24, 2.45) is 11.1 Å². The fourth-order valence-electron chi connectivity index (χ4n) is 5.84. The molecular weight excluding hydrogens is 336 g/mol. The number of hydrogen-bond acceptors (Lipinski definition) is 4. The van der Waals surface area contributed by atoms with E-state index in [-0.39, 0.29) is 6.04 Å². The van der Waals surface area contributed by atoms with Gasteiger partial charge < -0.3 is 10.6 Å². The van der Waals surface area contributed by atoms with Crippen molar-refractivity contribution in [3.63, 3.8) is 0 Å². The molecule has 0 bridgehead atoms. The molecule has 0 radical (unpaired) electrons. The van der Waals surface area contributed by atoms with Crippen LogP contribution < -0.4 is 5.73 Å². The summed E-state index contributed by atoms with van der Waals surface area (Å²) in [6.45, 7) is 10.2. The van der Waals surface area contributed by atoms with Crippen LogP contribution in [0.15, 0.2) is 0 Å². The van der Waals surface area contributed by atoms with Crippen LogP contribution in [-0.2, 0) is 4.79 Å². The molecule has 2 N–H and O–H groups in total. The highest BCUT2D eigenvalue weighted by molar-refractivity contribution is 5.76. The summed E-state index contributed by atoms with van der Waals surface area (Å²) in [6, 6.07) is 1.54. The zero-order chi connectivity index (χ0) is 19.4. The van der Waals surface area contributed by atoms with Gasteiger partial charge in [0.1, 0.15) is 0 Å². The first kappa shape index (κ1) is 21.1. The van der Waals surface area contributed by atoms with Crippen molar-refractivity contribution in [2.45, 2.75) is 89.8 Å². The van der Waals surface area contributed by atoms with Crippen molar-refractivity contribution in [3.8, 4) is 0 Å². The molecule has 1 amide bonds. The molecule has 5 nitrogen and oxygen atoms in total.